The number of rotatable bonds is 5. The Kier molecular flexibility index (Phi) is 4.57. The lowest BCUT2D eigenvalue weighted by Gasteiger charge is -2.17. The number of Topliss-reactive ketones (excluding diaryl/α,β-unsaturated/α-hetero) is 1. The number of carbonyl (C=O) groups is 1. The largest absolute Gasteiger partial charge is 0.384 e. The number of methoxy groups -OCH3 is 1. The van der Waals surface area contributed by atoms with Crippen LogP contribution in [0.15, 0.2) is 29.2 Å². The van der Waals surface area contributed by atoms with Crippen LogP contribution in [0.4, 0.5) is 0 Å². The van der Waals surface area contributed by atoms with Crippen molar-refractivity contribution < 1.29 is 17.9 Å². The highest BCUT2D eigenvalue weighted by molar-refractivity contribution is 7.89. The summed E-state index contributed by atoms with van der Waals surface area (Å²) in [6.07, 6.45) is 0.805. The van der Waals surface area contributed by atoms with Crippen LogP contribution in [-0.4, -0.2) is 45.3 Å². The van der Waals surface area contributed by atoms with E-state index < -0.39 is 10.0 Å². The highest BCUT2D eigenvalue weighted by Gasteiger charge is 2.32. The van der Waals surface area contributed by atoms with Crippen LogP contribution in [0.5, 0.6) is 0 Å². The summed E-state index contributed by atoms with van der Waals surface area (Å²) < 4.78 is 31.6. The van der Waals surface area contributed by atoms with Crippen LogP contribution in [-0.2, 0) is 14.8 Å². The monoisotopic (exact) mass is 297 g/mol. The van der Waals surface area contributed by atoms with Gasteiger partial charge in [0.1, 0.15) is 0 Å². The van der Waals surface area contributed by atoms with Crippen molar-refractivity contribution in [1.29, 1.82) is 0 Å². The highest BCUT2D eigenvalue weighted by Crippen LogP contribution is 2.25. The fraction of sp³-hybridized carbons (Fsp3) is 0.500. The first kappa shape index (κ1) is 15.2. The van der Waals surface area contributed by atoms with Crippen LogP contribution in [0.2, 0.25) is 0 Å². The third-order valence-electron chi connectivity index (χ3n) is 3.53. The zero-order valence-electron chi connectivity index (χ0n) is 11.7. The Morgan fingerprint density at radius 2 is 2.20 bits per heavy atom. The summed E-state index contributed by atoms with van der Waals surface area (Å²) in [5.74, 6) is 0.103. The third kappa shape index (κ3) is 3.08. The van der Waals surface area contributed by atoms with Crippen molar-refractivity contribution in [2.45, 2.75) is 18.2 Å². The number of benzene rings is 1. The quantitative estimate of drug-likeness (QED) is 0.774. The van der Waals surface area contributed by atoms with Gasteiger partial charge >= 0.3 is 0 Å². The van der Waals surface area contributed by atoms with Gasteiger partial charge < -0.3 is 4.74 Å². The van der Waals surface area contributed by atoms with Gasteiger partial charge in [-0.05, 0) is 31.4 Å². The molecule has 0 saturated carbocycles. The van der Waals surface area contributed by atoms with Crippen LogP contribution in [0.25, 0.3) is 0 Å². The predicted molar refractivity (Wildman–Crippen MR) is 75.2 cm³/mol. The molecule has 5 nitrogen and oxygen atoms in total. The first-order valence-corrected chi connectivity index (χ1v) is 7.99. The van der Waals surface area contributed by atoms with E-state index in [-0.39, 0.29) is 16.6 Å². The van der Waals surface area contributed by atoms with Crippen molar-refractivity contribution in [1.82, 2.24) is 4.31 Å². The van der Waals surface area contributed by atoms with Gasteiger partial charge in [0.2, 0.25) is 10.0 Å². The maximum atomic E-state index is 12.5. The van der Waals surface area contributed by atoms with Crippen LogP contribution in [0.3, 0.4) is 0 Å². The standard InChI is InChI=1S/C14H19NO4S/c1-11(16)13-4-3-5-14(8-13)20(17,18)15-7-6-12(9-15)10-19-2/h3-5,8,12H,6-7,9-10H2,1-2H3. The van der Waals surface area contributed by atoms with Crippen LogP contribution in [0.1, 0.15) is 23.7 Å². The van der Waals surface area contributed by atoms with Gasteiger partial charge in [-0.15, -0.1) is 0 Å². The summed E-state index contributed by atoms with van der Waals surface area (Å²) in [5, 5.41) is 0. The molecule has 2 rings (SSSR count). The van der Waals surface area contributed by atoms with Crippen LogP contribution >= 0.6 is 0 Å². The van der Waals surface area contributed by atoms with E-state index in [0.717, 1.165) is 6.42 Å². The van der Waals surface area contributed by atoms with E-state index in [9.17, 15) is 13.2 Å². The molecule has 1 fully saturated rings. The highest BCUT2D eigenvalue weighted by atomic mass is 32.2. The van der Waals surface area contributed by atoms with E-state index in [2.05, 4.69) is 0 Å². The lowest BCUT2D eigenvalue weighted by atomic mass is 10.1. The summed E-state index contributed by atoms with van der Waals surface area (Å²) in [7, 11) is -1.90. The SMILES string of the molecule is COCC1CCN(S(=O)(=O)c2cccc(C(C)=O)c2)C1. The van der Waals surface area contributed by atoms with E-state index in [1.54, 1.807) is 19.2 Å². The Morgan fingerprint density at radius 3 is 2.85 bits per heavy atom. The van der Waals surface area contributed by atoms with Gasteiger partial charge in [-0.25, -0.2) is 8.42 Å². The number of nitrogens with zero attached hydrogens (tertiary/aromatic N) is 1. The fourth-order valence-corrected chi connectivity index (χ4v) is 3.99. The minimum absolute atomic E-state index is 0.138. The zero-order valence-corrected chi connectivity index (χ0v) is 12.5. The molecule has 0 radical (unpaired) electrons. The second kappa shape index (κ2) is 6.03. The number of ether oxygens (including phenoxy) is 1. The zero-order chi connectivity index (χ0) is 14.8. The Labute approximate surface area is 119 Å². The second-order valence-electron chi connectivity index (χ2n) is 5.06. The van der Waals surface area contributed by atoms with Crippen molar-refractivity contribution in [3.05, 3.63) is 29.8 Å². The van der Waals surface area contributed by atoms with E-state index in [0.29, 0.717) is 25.3 Å². The fourth-order valence-electron chi connectivity index (χ4n) is 2.41. The number of sulfonamides is 1. The summed E-state index contributed by atoms with van der Waals surface area (Å²) >= 11 is 0. The molecule has 0 aliphatic carbocycles. The van der Waals surface area contributed by atoms with Gasteiger partial charge in [0.05, 0.1) is 11.5 Å². The molecule has 0 amide bonds. The lowest BCUT2D eigenvalue weighted by Crippen LogP contribution is -2.29. The average molecular weight is 297 g/mol. The Bertz CT molecular complexity index is 597. The minimum Gasteiger partial charge on any atom is -0.384 e. The molecule has 6 heteroatoms. The van der Waals surface area contributed by atoms with Crippen molar-refractivity contribution in [2.24, 2.45) is 5.92 Å². The van der Waals surface area contributed by atoms with E-state index in [4.69, 9.17) is 4.74 Å². The molecule has 1 aromatic carbocycles. The Morgan fingerprint density at radius 1 is 1.45 bits per heavy atom. The molecule has 0 spiro atoms. The molecule has 1 aromatic rings. The smallest absolute Gasteiger partial charge is 0.243 e. The van der Waals surface area contributed by atoms with E-state index >= 15 is 0 Å². The molecule has 1 atom stereocenters. The number of ketones is 1. The molecule has 1 aliphatic heterocycles. The molecule has 1 aliphatic rings. The predicted octanol–water partition coefficient (Wildman–Crippen LogP) is 1.55. The molecule has 0 bridgehead atoms. The van der Waals surface area contributed by atoms with Crippen LogP contribution < -0.4 is 0 Å². The molecule has 1 saturated heterocycles. The summed E-state index contributed by atoms with van der Waals surface area (Å²) in [4.78, 5) is 11.5. The van der Waals surface area contributed by atoms with Crippen molar-refractivity contribution in [3.8, 4) is 0 Å². The summed E-state index contributed by atoms with van der Waals surface area (Å²) in [6.45, 7) is 2.97. The Balaban J connectivity index is 2.23. The van der Waals surface area contributed by atoms with Gasteiger partial charge in [0, 0.05) is 25.8 Å². The normalized spacial score (nSPS) is 20.2. The van der Waals surface area contributed by atoms with Crippen LogP contribution in [0, 0.1) is 5.92 Å². The lowest BCUT2D eigenvalue weighted by molar-refractivity contribution is 0.101. The maximum absolute atomic E-state index is 12.5. The summed E-state index contributed by atoms with van der Waals surface area (Å²) in [6, 6.07) is 6.21. The van der Waals surface area contributed by atoms with Gasteiger partial charge in [-0.1, -0.05) is 12.1 Å². The van der Waals surface area contributed by atoms with Crippen molar-refractivity contribution in [2.75, 3.05) is 26.8 Å². The molecule has 1 heterocycles. The topological polar surface area (TPSA) is 63.7 Å². The molecule has 20 heavy (non-hydrogen) atoms. The van der Waals surface area contributed by atoms with Crippen molar-refractivity contribution >= 4 is 15.8 Å². The van der Waals surface area contributed by atoms with E-state index in [1.165, 1.54) is 23.4 Å². The average Bonchev–Trinajstić information content (AvgIpc) is 2.88. The molecular formula is C14H19NO4S. The number of hydrogen-bond acceptors (Lipinski definition) is 4. The minimum atomic E-state index is -3.52. The van der Waals surface area contributed by atoms with Gasteiger partial charge in [0.15, 0.2) is 5.78 Å². The molecule has 110 valence electrons. The first-order chi connectivity index (χ1) is 9.45. The molecular weight excluding hydrogens is 278 g/mol. The van der Waals surface area contributed by atoms with Gasteiger partial charge in [-0.2, -0.15) is 4.31 Å². The molecule has 0 N–H and O–H groups in total. The molecule has 1 unspecified atom stereocenters. The Hall–Kier alpha value is -1.24. The third-order valence-corrected chi connectivity index (χ3v) is 5.39. The summed E-state index contributed by atoms with van der Waals surface area (Å²) in [5.41, 5.74) is 0.415. The van der Waals surface area contributed by atoms with E-state index in [1.807, 2.05) is 0 Å². The van der Waals surface area contributed by atoms with Gasteiger partial charge in [-0.3, -0.25) is 4.79 Å². The second-order valence-corrected chi connectivity index (χ2v) is 7.00. The van der Waals surface area contributed by atoms with Gasteiger partial charge in [0.25, 0.3) is 0 Å². The maximum Gasteiger partial charge on any atom is 0.243 e. The first-order valence-electron chi connectivity index (χ1n) is 6.55. The molecule has 0 aromatic heterocycles. The van der Waals surface area contributed by atoms with Crippen molar-refractivity contribution in [3.63, 3.8) is 0 Å². The number of carbonyl (C=O) groups excluding carboxylic acids is 1. The number of hydrogen-bond donors (Lipinski definition) is 0.